The van der Waals surface area contributed by atoms with E-state index in [-0.39, 0.29) is 0 Å². The van der Waals surface area contributed by atoms with E-state index >= 15 is 0 Å². The van der Waals surface area contributed by atoms with Crippen molar-refractivity contribution < 1.29 is 0 Å². The summed E-state index contributed by atoms with van der Waals surface area (Å²) < 4.78 is 5.77. The van der Waals surface area contributed by atoms with Crippen molar-refractivity contribution in [2.75, 3.05) is 0 Å². The van der Waals surface area contributed by atoms with Gasteiger partial charge in [-0.3, -0.25) is 4.57 Å². The molecule has 0 spiro atoms. The second-order valence-electron chi connectivity index (χ2n) is 15.8. The van der Waals surface area contributed by atoms with Crippen molar-refractivity contribution in [3.63, 3.8) is 0 Å². The van der Waals surface area contributed by atoms with Crippen molar-refractivity contribution in [2.45, 2.75) is 0 Å². The van der Waals surface area contributed by atoms with Crippen LogP contribution in [0, 0.1) is 0 Å². The molecular weight excluding hydrogens is 761 g/mol. The van der Waals surface area contributed by atoms with Crippen LogP contribution in [-0.2, 0) is 0 Å². The van der Waals surface area contributed by atoms with Crippen LogP contribution in [0.2, 0.25) is 0 Å². The molecule has 0 aliphatic heterocycles. The molecule has 0 unspecified atom stereocenters. The maximum atomic E-state index is 5.46. The summed E-state index contributed by atoms with van der Waals surface area (Å²) in [6, 6.07) is 74.4. The lowest BCUT2D eigenvalue weighted by Gasteiger charge is -2.10. The van der Waals surface area contributed by atoms with E-state index in [0.717, 1.165) is 49.3 Å². The van der Waals surface area contributed by atoms with Gasteiger partial charge in [-0.2, -0.15) is 0 Å². The lowest BCUT2D eigenvalue weighted by atomic mass is 9.98. The molecule has 61 heavy (non-hydrogen) atoms. The smallest absolute Gasteiger partial charge is 0.235 e. The van der Waals surface area contributed by atoms with Gasteiger partial charge in [-0.15, -0.1) is 11.3 Å². The fourth-order valence-corrected chi connectivity index (χ4v) is 10.7. The zero-order chi connectivity index (χ0) is 40.0. The molecule has 5 heteroatoms. The Bertz CT molecular complexity index is 3860. The average molecular weight is 795 g/mol. The van der Waals surface area contributed by atoms with Gasteiger partial charge >= 0.3 is 0 Å². The van der Waals surface area contributed by atoms with Gasteiger partial charge in [-0.1, -0.05) is 158 Å². The topological polar surface area (TPSA) is 35.6 Å². The third-order valence-electron chi connectivity index (χ3n) is 12.3. The first-order valence-corrected chi connectivity index (χ1v) is 21.5. The number of fused-ring (bicyclic) bond motifs is 11. The first-order chi connectivity index (χ1) is 30.2. The number of hydrogen-bond donors (Lipinski definition) is 0. The Balaban J connectivity index is 1.07. The van der Waals surface area contributed by atoms with Gasteiger partial charge in [0.2, 0.25) is 5.95 Å². The summed E-state index contributed by atoms with van der Waals surface area (Å²) in [5, 5.41) is 9.81. The predicted octanol–water partition coefficient (Wildman–Crippen LogP) is 15.2. The van der Waals surface area contributed by atoms with Crippen LogP contribution in [0.5, 0.6) is 0 Å². The summed E-state index contributed by atoms with van der Waals surface area (Å²) in [6.07, 6.45) is 0. The van der Waals surface area contributed by atoms with Gasteiger partial charge in [-0.05, 0) is 86.8 Å². The lowest BCUT2D eigenvalue weighted by Crippen LogP contribution is -2.02. The highest BCUT2D eigenvalue weighted by molar-refractivity contribution is 7.22. The van der Waals surface area contributed by atoms with E-state index in [2.05, 4.69) is 215 Å². The highest BCUT2D eigenvalue weighted by Crippen LogP contribution is 2.43. The number of para-hydroxylation sites is 1. The van der Waals surface area contributed by atoms with Crippen molar-refractivity contribution >= 4 is 86.7 Å². The molecule has 0 saturated heterocycles. The highest BCUT2D eigenvalue weighted by Gasteiger charge is 2.22. The normalized spacial score (nSPS) is 11.9. The molecule has 0 saturated carbocycles. The van der Waals surface area contributed by atoms with Crippen molar-refractivity contribution in [1.82, 2.24) is 19.1 Å². The molecule has 0 bridgehead atoms. The summed E-state index contributed by atoms with van der Waals surface area (Å²) in [7, 11) is 0. The SMILES string of the molecule is c1ccc(-c2cc3nc(-n4c5ccc(-c6ccc7c8c9ccccc9ccc8n(-c8ccccc8)c7c6)cc5c5c6ccccc6ccc54)nc(-c4ccccc4)c3s2)cc1. The first kappa shape index (κ1) is 34.0. The van der Waals surface area contributed by atoms with Gasteiger partial charge in [0.15, 0.2) is 0 Å². The molecule has 0 radical (unpaired) electrons. The van der Waals surface area contributed by atoms with Crippen LogP contribution in [0.3, 0.4) is 0 Å². The van der Waals surface area contributed by atoms with E-state index < -0.39 is 0 Å². The van der Waals surface area contributed by atoms with Gasteiger partial charge in [0.05, 0.1) is 38.0 Å². The van der Waals surface area contributed by atoms with E-state index in [9.17, 15) is 0 Å². The summed E-state index contributed by atoms with van der Waals surface area (Å²) >= 11 is 1.75. The number of benzene rings is 9. The minimum atomic E-state index is 0.660. The van der Waals surface area contributed by atoms with Crippen molar-refractivity contribution in [1.29, 1.82) is 0 Å². The minimum Gasteiger partial charge on any atom is -0.309 e. The number of thiophene rings is 1. The third-order valence-corrected chi connectivity index (χ3v) is 13.5. The molecule has 13 rings (SSSR count). The fraction of sp³-hybridized carbons (Fsp3) is 0. The van der Waals surface area contributed by atoms with Crippen LogP contribution in [0.4, 0.5) is 0 Å². The van der Waals surface area contributed by atoms with Gasteiger partial charge in [0.1, 0.15) is 0 Å². The number of aromatic nitrogens is 4. The zero-order valence-corrected chi connectivity index (χ0v) is 33.6. The highest BCUT2D eigenvalue weighted by atomic mass is 32.1. The first-order valence-electron chi connectivity index (χ1n) is 20.7. The third kappa shape index (κ3) is 5.24. The number of nitrogens with zero attached hydrogens (tertiary/aromatic N) is 4. The molecule has 0 amide bonds. The molecule has 0 aliphatic rings. The Hall–Kier alpha value is -7.86. The lowest BCUT2D eigenvalue weighted by molar-refractivity contribution is 1.02. The van der Waals surface area contributed by atoms with Crippen LogP contribution in [0.1, 0.15) is 0 Å². The standard InChI is InChI=1S/C56H34N4S/c1-4-16-37(17-5-1)51-34-46-55(61-51)54(38-18-6-2-7-19-38)58-56(57-46)60-47-29-27-39(32-45(47)53-43-23-13-11-15-36(43)26-31-49(53)60)40-24-28-44-50(33-40)59(41-20-8-3-9-21-41)48-30-25-35-14-10-12-22-42(35)52(44)48/h1-34H. The van der Waals surface area contributed by atoms with Gasteiger partial charge in [0.25, 0.3) is 0 Å². The van der Waals surface area contributed by atoms with Gasteiger partial charge in [-0.25, -0.2) is 9.97 Å². The largest absolute Gasteiger partial charge is 0.309 e. The van der Waals surface area contributed by atoms with Gasteiger partial charge < -0.3 is 4.57 Å². The van der Waals surface area contributed by atoms with E-state index in [1.165, 1.54) is 64.6 Å². The Morgan fingerprint density at radius 2 is 0.934 bits per heavy atom. The maximum absolute atomic E-state index is 5.46. The molecular formula is C56H34N4S. The quantitative estimate of drug-likeness (QED) is 0.174. The van der Waals surface area contributed by atoms with E-state index in [1.807, 2.05) is 0 Å². The molecule has 0 fully saturated rings. The van der Waals surface area contributed by atoms with E-state index in [0.29, 0.717) is 5.95 Å². The molecule has 4 aromatic heterocycles. The second kappa shape index (κ2) is 13.3. The van der Waals surface area contributed by atoms with Crippen molar-refractivity contribution in [3.05, 3.63) is 206 Å². The number of hydrogen-bond acceptors (Lipinski definition) is 3. The Kier molecular flexibility index (Phi) is 7.44. The van der Waals surface area contributed by atoms with E-state index in [1.54, 1.807) is 11.3 Å². The van der Waals surface area contributed by atoms with Gasteiger partial charge in [0, 0.05) is 37.7 Å². The van der Waals surface area contributed by atoms with Crippen LogP contribution in [-0.4, -0.2) is 19.1 Å². The van der Waals surface area contributed by atoms with Crippen LogP contribution in [0.25, 0.3) is 120 Å². The van der Waals surface area contributed by atoms with Crippen LogP contribution in [0.15, 0.2) is 206 Å². The molecule has 9 aromatic carbocycles. The zero-order valence-electron chi connectivity index (χ0n) is 32.8. The molecule has 0 N–H and O–H groups in total. The average Bonchev–Trinajstić information content (AvgIpc) is 4.02. The Morgan fingerprint density at radius 1 is 0.361 bits per heavy atom. The maximum Gasteiger partial charge on any atom is 0.235 e. The Labute approximate surface area is 354 Å². The summed E-state index contributed by atoms with van der Waals surface area (Å²) in [6.45, 7) is 0. The minimum absolute atomic E-state index is 0.660. The fourth-order valence-electron chi connectivity index (χ4n) is 9.56. The second-order valence-corrected chi connectivity index (χ2v) is 16.8. The van der Waals surface area contributed by atoms with Crippen LogP contribution >= 0.6 is 11.3 Å². The van der Waals surface area contributed by atoms with Crippen LogP contribution < -0.4 is 0 Å². The monoisotopic (exact) mass is 794 g/mol. The molecule has 0 aliphatic carbocycles. The molecule has 0 atom stereocenters. The molecule has 284 valence electrons. The van der Waals surface area contributed by atoms with E-state index in [4.69, 9.17) is 9.97 Å². The molecule has 4 heterocycles. The summed E-state index contributed by atoms with van der Waals surface area (Å²) in [4.78, 5) is 12.0. The summed E-state index contributed by atoms with van der Waals surface area (Å²) in [5.41, 5.74) is 12.1. The van der Waals surface area contributed by atoms with Crippen molar-refractivity contribution in [3.8, 4) is 44.5 Å². The summed E-state index contributed by atoms with van der Waals surface area (Å²) in [5.74, 6) is 0.660. The molecule has 4 nitrogen and oxygen atoms in total. The molecule has 13 aromatic rings. The Morgan fingerprint density at radius 3 is 1.66 bits per heavy atom. The van der Waals surface area contributed by atoms with Crippen molar-refractivity contribution in [2.24, 2.45) is 0 Å². The number of rotatable bonds is 5. The predicted molar refractivity (Wildman–Crippen MR) is 257 cm³/mol.